The van der Waals surface area contributed by atoms with E-state index in [0.717, 1.165) is 45.4 Å². The van der Waals surface area contributed by atoms with Gasteiger partial charge in [-0.25, -0.2) is 0 Å². The Balaban J connectivity index is 1.76. The Morgan fingerprint density at radius 2 is 2.11 bits per heavy atom. The summed E-state index contributed by atoms with van der Waals surface area (Å²) in [5, 5.41) is 6.51. The fraction of sp³-hybridized carbons (Fsp3) is 0.929. The quantitative estimate of drug-likeness (QED) is 0.801. The Morgan fingerprint density at radius 3 is 2.78 bits per heavy atom. The Kier molecular flexibility index (Phi) is 4.62. The van der Waals surface area contributed by atoms with Crippen molar-refractivity contribution in [2.45, 2.75) is 58.0 Å². The summed E-state index contributed by atoms with van der Waals surface area (Å²) in [6.45, 7) is 6.82. The van der Waals surface area contributed by atoms with Gasteiger partial charge < -0.3 is 15.4 Å². The Hall–Kier alpha value is -0.610. The van der Waals surface area contributed by atoms with Crippen molar-refractivity contribution in [3.8, 4) is 0 Å². The molecular weight excluding hydrogens is 228 g/mol. The van der Waals surface area contributed by atoms with Crippen LogP contribution in [0.15, 0.2) is 0 Å². The number of rotatable bonds is 3. The Bertz CT molecular complexity index is 288. The summed E-state index contributed by atoms with van der Waals surface area (Å²) >= 11 is 0. The summed E-state index contributed by atoms with van der Waals surface area (Å²) in [6.07, 6.45) is 5.38. The predicted octanol–water partition coefficient (Wildman–Crippen LogP) is 1.45. The molecule has 0 aromatic carbocycles. The van der Waals surface area contributed by atoms with Gasteiger partial charge in [-0.3, -0.25) is 4.79 Å². The molecule has 4 heteroatoms. The number of piperidine rings is 1. The van der Waals surface area contributed by atoms with E-state index in [0.29, 0.717) is 6.04 Å². The molecule has 0 spiro atoms. The minimum absolute atomic E-state index is 0.0113. The molecule has 0 aromatic heterocycles. The molecule has 0 bridgehead atoms. The predicted molar refractivity (Wildman–Crippen MR) is 71.4 cm³/mol. The molecule has 0 aromatic rings. The molecule has 104 valence electrons. The van der Waals surface area contributed by atoms with Crippen LogP contribution in [-0.4, -0.2) is 37.7 Å². The van der Waals surface area contributed by atoms with E-state index in [4.69, 9.17) is 4.74 Å². The highest BCUT2D eigenvalue weighted by Crippen LogP contribution is 2.28. The van der Waals surface area contributed by atoms with E-state index >= 15 is 0 Å². The molecule has 2 unspecified atom stereocenters. The number of carbonyl (C=O) groups excluding carboxylic acids is 1. The minimum Gasteiger partial charge on any atom is -0.381 e. The van der Waals surface area contributed by atoms with Gasteiger partial charge >= 0.3 is 0 Å². The topological polar surface area (TPSA) is 50.4 Å². The third-order valence-corrected chi connectivity index (χ3v) is 4.32. The molecule has 2 rings (SSSR count). The van der Waals surface area contributed by atoms with Crippen molar-refractivity contribution in [2.24, 2.45) is 5.41 Å². The zero-order valence-corrected chi connectivity index (χ0v) is 11.6. The van der Waals surface area contributed by atoms with Crippen molar-refractivity contribution in [3.63, 3.8) is 0 Å². The molecule has 2 saturated heterocycles. The molecule has 2 heterocycles. The Labute approximate surface area is 110 Å². The highest BCUT2D eigenvalue weighted by Gasteiger charge is 2.30. The van der Waals surface area contributed by atoms with Crippen LogP contribution in [0.5, 0.6) is 0 Å². The van der Waals surface area contributed by atoms with Crippen LogP contribution in [0.4, 0.5) is 0 Å². The first kappa shape index (κ1) is 13.8. The third-order valence-electron chi connectivity index (χ3n) is 4.32. The normalized spacial score (nSPS) is 31.9. The van der Waals surface area contributed by atoms with Crippen molar-refractivity contribution in [3.05, 3.63) is 0 Å². The van der Waals surface area contributed by atoms with Gasteiger partial charge in [0.15, 0.2) is 0 Å². The summed E-state index contributed by atoms with van der Waals surface area (Å²) < 4.78 is 5.38. The Morgan fingerprint density at radius 1 is 1.39 bits per heavy atom. The summed E-state index contributed by atoms with van der Waals surface area (Å²) in [6, 6.07) is 0.477. The third kappa shape index (κ3) is 3.69. The van der Waals surface area contributed by atoms with Crippen molar-refractivity contribution < 1.29 is 9.53 Å². The second kappa shape index (κ2) is 6.02. The molecule has 2 atom stereocenters. The van der Waals surface area contributed by atoms with Crippen LogP contribution in [0.2, 0.25) is 0 Å². The SMILES string of the molecule is CC1CCCC(C(=O)NCC2(C)CCOCC2)N1. The fourth-order valence-electron chi connectivity index (χ4n) is 2.81. The van der Waals surface area contributed by atoms with Crippen LogP contribution in [-0.2, 0) is 9.53 Å². The second-order valence-electron chi connectivity index (χ2n) is 6.19. The van der Waals surface area contributed by atoms with Crippen molar-refractivity contribution in [1.82, 2.24) is 10.6 Å². The van der Waals surface area contributed by atoms with E-state index in [1.165, 1.54) is 6.42 Å². The second-order valence-corrected chi connectivity index (χ2v) is 6.19. The van der Waals surface area contributed by atoms with E-state index in [1.54, 1.807) is 0 Å². The molecule has 1 amide bonds. The van der Waals surface area contributed by atoms with Crippen molar-refractivity contribution >= 4 is 5.91 Å². The number of amides is 1. The summed E-state index contributed by atoms with van der Waals surface area (Å²) in [7, 11) is 0. The van der Waals surface area contributed by atoms with E-state index in [-0.39, 0.29) is 17.4 Å². The van der Waals surface area contributed by atoms with Gasteiger partial charge in [-0.1, -0.05) is 6.92 Å². The monoisotopic (exact) mass is 254 g/mol. The van der Waals surface area contributed by atoms with Crippen molar-refractivity contribution in [1.29, 1.82) is 0 Å². The molecule has 4 nitrogen and oxygen atoms in total. The molecule has 0 aliphatic carbocycles. The average Bonchev–Trinajstić information content (AvgIpc) is 2.37. The van der Waals surface area contributed by atoms with Crippen molar-refractivity contribution in [2.75, 3.05) is 19.8 Å². The van der Waals surface area contributed by atoms with Gasteiger partial charge in [0.2, 0.25) is 5.91 Å². The maximum atomic E-state index is 12.1. The molecule has 2 N–H and O–H groups in total. The van der Waals surface area contributed by atoms with E-state index in [9.17, 15) is 4.79 Å². The molecule has 2 aliphatic rings. The van der Waals surface area contributed by atoms with E-state index in [2.05, 4.69) is 24.5 Å². The van der Waals surface area contributed by atoms with Gasteiger partial charge in [-0.05, 0) is 44.4 Å². The number of ether oxygens (including phenoxy) is 1. The molecule has 18 heavy (non-hydrogen) atoms. The number of hydrogen-bond acceptors (Lipinski definition) is 3. The number of nitrogens with one attached hydrogen (secondary N) is 2. The smallest absolute Gasteiger partial charge is 0.237 e. The van der Waals surface area contributed by atoms with E-state index in [1.807, 2.05) is 0 Å². The standard InChI is InChI=1S/C14H26N2O2/c1-11-4-3-5-12(16-11)13(17)15-10-14(2)6-8-18-9-7-14/h11-12,16H,3-10H2,1-2H3,(H,15,17). The molecule has 2 fully saturated rings. The maximum absolute atomic E-state index is 12.1. The summed E-state index contributed by atoms with van der Waals surface area (Å²) in [5.74, 6) is 0.175. The van der Waals surface area contributed by atoms with Crippen LogP contribution < -0.4 is 10.6 Å². The maximum Gasteiger partial charge on any atom is 0.237 e. The average molecular weight is 254 g/mol. The number of carbonyl (C=O) groups is 1. The number of hydrogen-bond donors (Lipinski definition) is 2. The molecule has 0 radical (unpaired) electrons. The lowest BCUT2D eigenvalue weighted by atomic mass is 9.82. The van der Waals surface area contributed by atoms with Gasteiger partial charge in [0.05, 0.1) is 6.04 Å². The molecule has 2 aliphatic heterocycles. The first-order valence-electron chi connectivity index (χ1n) is 7.21. The van der Waals surface area contributed by atoms with Crippen LogP contribution in [0.1, 0.15) is 46.0 Å². The van der Waals surface area contributed by atoms with Gasteiger partial charge in [0, 0.05) is 25.8 Å². The minimum atomic E-state index is 0.0113. The zero-order chi connectivity index (χ0) is 13.0. The lowest BCUT2D eigenvalue weighted by molar-refractivity contribution is -0.124. The fourth-order valence-corrected chi connectivity index (χ4v) is 2.81. The van der Waals surface area contributed by atoms with Crippen LogP contribution in [0.25, 0.3) is 0 Å². The van der Waals surface area contributed by atoms with Gasteiger partial charge in [-0.2, -0.15) is 0 Å². The van der Waals surface area contributed by atoms with Crippen LogP contribution in [0.3, 0.4) is 0 Å². The van der Waals surface area contributed by atoms with Gasteiger partial charge in [-0.15, -0.1) is 0 Å². The van der Waals surface area contributed by atoms with Crippen LogP contribution >= 0.6 is 0 Å². The van der Waals surface area contributed by atoms with Gasteiger partial charge in [0.1, 0.15) is 0 Å². The molecule has 0 saturated carbocycles. The lowest BCUT2D eigenvalue weighted by Gasteiger charge is -2.35. The summed E-state index contributed by atoms with van der Waals surface area (Å²) in [4.78, 5) is 12.1. The lowest BCUT2D eigenvalue weighted by Crippen LogP contribution is -2.52. The van der Waals surface area contributed by atoms with E-state index < -0.39 is 0 Å². The highest BCUT2D eigenvalue weighted by molar-refractivity contribution is 5.81. The molecular formula is C14H26N2O2. The zero-order valence-electron chi connectivity index (χ0n) is 11.6. The van der Waals surface area contributed by atoms with Crippen LogP contribution in [0, 0.1) is 5.41 Å². The largest absolute Gasteiger partial charge is 0.381 e. The first-order chi connectivity index (χ1) is 8.59. The first-order valence-corrected chi connectivity index (χ1v) is 7.21. The summed E-state index contributed by atoms with van der Waals surface area (Å²) in [5.41, 5.74) is 0.216. The highest BCUT2D eigenvalue weighted by atomic mass is 16.5. The van der Waals surface area contributed by atoms with Gasteiger partial charge in [0.25, 0.3) is 0 Å².